The molecule has 1 aliphatic rings. The van der Waals surface area contributed by atoms with Gasteiger partial charge >= 0.3 is 5.97 Å². The predicted molar refractivity (Wildman–Crippen MR) is 76.9 cm³/mol. The molecular weight excluding hydrogens is 254 g/mol. The Hall–Kier alpha value is -1.39. The van der Waals surface area contributed by atoms with Gasteiger partial charge < -0.3 is 15.2 Å². The first-order valence-corrected chi connectivity index (χ1v) is 7.06. The molecule has 0 saturated heterocycles. The highest BCUT2D eigenvalue weighted by atomic mass is 16.5. The lowest BCUT2D eigenvalue weighted by Crippen LogP contribution is -2.31. The molecule has 0 aliphatic carbocycles. The first-order chi connectivity index (χ1) is 9.44. The average molecular weight is 277 g/mol. The van der Waals surface area contributed by atoms with Crippen molar-refractivity contribution in [3.05, 3.63) is 34.9 Å². The van der Waals surface area contributed by atoms with Gasteiger partial charge in [-0.1, -0.05) is 18.2 Å². The summed E-state index contributed by atoms with van der Waals surface area (Å²) >= 11 is 0. The Kier molecular flexibility index (Phi) is 4.45. The number of fused-ring (bicyclic) bond motifs is 1. The molecule has 0 bridgehead atoms. The van der Waals surface area contributed by atoms with Crippen LogP contribution in [0.1, 0.15) is 49.9 Å². The molecule has 2 rings (SSSR count). The van der Waals surface area contributed by atoms with Gasteiger partial charge in [-0.05, 0) is 43.9 Å². The smallest absolute Gasteiger partial charge is 0.311 e. The monoisotopic (exact) mass is 277 g/mol. The number of benzene rings is 1. The number of hydrogen-bond donors (Lipinski definition) is 1. The first-order valence-electron chi connectivity index (χ1n) is 7.06. The summed E-state index contributed by atoms with van der Waals surface area (Å²) in [5.74, 6) is -0.194. The highest BCUT2D eigenvalue weighted by Crippen LogP contribution is 2.31. The minimum atomic E-state index is -0.578. The molecular formula is C16H23NO3. The molecule has 2 N–H and O–H groups in total. The van der Waals surface area contributed by atoms with Crippen molar-refractivity contribution >= 4 is 5.97 Å². The number of esters is 1. The molecule has 1 heterocycles. The van der Waals surface area contributed by atoms with Crippen LogP contribution in [0.5, 0.6) is 0 Å². The molecule has 1 aromatic carbocycles. The number of ether oxygens (including phenoxy) is 2. The second-order valence-corrected chi connectivity index (χ2v) is 5.94. The van der Waals surface area contributed by atoms with E-state index in [4.69, 9.17) is 15.2 Å². The number of carbonyl (C=O) groups is 1. The van der Waals surface area contributed by atoms with E-state index in [1.54, 1.807) is 0 Å². The van der Waals surface area contributed by atoms with E-state index in [0.717, 1.165) is 5.56 Å². The van der Waals surface area contributed by atoms with E-state index >= 15 is 0 Å². The molecule has 0 fully saturated rings. The van der Waals surface area contributed by atoms with Crippen molar-refractivity contribution in [2.45, 2.75) is 46.4 Å². The molecule has 0 amide bonds. The van der Waals surface area contributed by atoms with Gasteiger partial charge in [0.1, 0.15) is 0 Å². The largest absolute Gasteiger partial charge is 0.466 e. The maximum absolute atomic E-state index is 11.9. The molecule has 1 atom stereocenters. The third kappa shape index (κ3) is 3.19. The highest BCUT2D eigenvalue weighted by Gasteiger charge is 2.32. The van der Waals surface area contributed by atoms with E-state index < -0.39 is 5.41 Å². The molecule has 110 valence electrons. The topological polar surface area (TPSA) is 61.5 Å². The summed E-state index contributed by atoms with van der Waals surface area (Å²) in [5.41, 5.74) is 9.16. The standard InChI is InChI=1S/C16H23NO3/c1-4-20-15(18)16(2,3)8-14(17)11-5-6-12-9-19-10-13(12)7-11/h5-7,14H,4,8-10,17H2,1-3H3. The number of rotatable bonds is 5. The van der Waals surface area contributed by atoms with Gasteiger partial charge in [0.15, 0.2) is 0 Å². The first kappa shape index (κ1) is 15.0. The van der Waals surface area contributed by atoms with Gasteiger partial charge in [0.25, 0.3) is 0 Å². The molecule has 0 spiro atoms. The van der Waals surface area contributed by atoms with Crippen LogP contribution >= 0.6 is 0 Å². The van der Waals surface area contributed by atoms with Crippen molar-refractivity contribution in [2.24, 2.45) is 11.1 Å². The van der Waals surface area contributed by atoms with Crippen molar-refractivity contribution in [1.82, 2.24) is 0 Å². The molecule has 1 aromatic rings. The Morgan fingerprint density at radius 2 is 2.10 bits per heavy atom. The molecule has 20 heavy (non-hydrogen) atoms. The lowest BCUT2D eigenvalue weighted by atomic mass is 9.83. The van der Waals surface area contributed by atoms with Crippen LogP contribution in [-0.2, 0) is 27.5 Å². The van der Waals surface area contributed by atoms with Gasteiger partial charge in [0.2, 0.25) is 0 Å². The summed E-state index contributed by atoms with van der Waals surface area (Å²) in [6, 6.07) is 6.00. The molecule has 0 radical (unpaired) electrons. The van der Waals surface area contributed by atoms with Crippen LogP contribution in [0, 0.1) is 5.41 Å². The van der Waals surface area contributed by atoms with E-state index in [0.29, 0.717) is 26.2 Å². The second-order valence-electron chi connectivity index (χ2n) is 5.94. The Morgan fingerprint density at radius 3 is 2.80 bits per heavy atom. The van der Waals surface area contributed by atoms with Gasteiger partial charge in [-0.2, -0.15) is 0 Å². The lowest BCUT2D eigenvalue weighted by molar-refractivity contribution is -0.154. The van der Waals surface area contributed by atoms with Crippen molar-refractivity contribution < 1.29 is 14.3 Å². The fraction of sp³-hybridized carbons (Fsp3) is 0.562. The average Bonchev–Trinajstić information content (AvgIpc) is 2.85. The van der Waals surface area contributed by atoms with E-state index in [1.165, 1.54) is 11.1 Å². The third-order valence-electron chi connectivity index (χ3n) is 3.73. The summed E-state index contributed by atoms with van der Waals surface area (Å²) in [5, 5.41) is 0. The zero-order valence-corrected chi connectivity index (χ0v) is 12.4. The van der Waals surface area contributed by atoms with Gasteiger partial charge in [-0.3, -0.25) is 4.79 Å². The normalized spacial score (nSPS) is 15.8. The summed E-state index contributed by atoms with van der Waals surface area (Å²) < 4.78 is 10.5. The van der Waals surface area contributed by atoms with Gasteiger partial charge in [0.05, 0.1) is 25.2 Å². The molecule has 0 aromatic heterocycles. The van der Waals surface area contributed by atoms with Crippen molar-refractivity contribution in [2.75, 3.05) is 6.61 Å². The molecule has 0 saturated carbocycles. The molecule has 4 heteroatoms. The van der Waals surface area contributed by atoms with Crippen LogP contribution in [0.3, 0.4) is 0 Å². The zero-order chi connectivity index (χ0) is 14.8. The molecule has 1 aliphatic heterocycles. The fourth-order valence-electron chi connectivity index (χ4n) is 2.50. The Bertz CT molecular complexity index is 496. The quantitative estimate of drug-likeness (QED) is 0.841. The van der Waals surface area contributed by atoms with Crippen LogP contribution in [0.4, 0.5) is 0 Å². The SMILES string of the molecule is CCOC(=O)C(C)(C)CC(N)c1ccc2c(c1)COC2. The Morgan fingerprint density at radius 1 is 1.40 bits per heavy atom. The number of carbonyl (C=O) groups excluding carboxylic acids is 1. The van der Waals surface area contributed by atoms with Gasteiger partial charge in [-0.15, -0.1) is 0 Å². The van der Waals surface area contributed by atoms with E-state index in [1.807, 2.05) is 26.8 Å². The summed E-state index contributed by atoms with van der Waals surface area (Å²) in [4.78, 5) is 11.9. The molecule has 1 unspecified atom stereocenters. The minimum Gasteiger partial charge on any atom is -0.466 e. The van der Waals surface area contributed by atoms with Crippen LogP contribution < -0.4 is 5.73 Å². The van der Waals surface area contributed by atoms with Crippen molar-refractivity contribution in [3.8, 4) is 0 Å². The van der Waals surface area contributed by atoms with Crippen molar-refractivity contribution in [1.29, 1.82) is 0 Å². The van der Waals surface area contributed by atoms with Gasteiger partial charge in [-0.25, -0.2) is 0 Å². The highest BCUT2D eigenvalue weighted by molar-refractivity contribution is 5.76. The predicted octanol–water partition coefficient (Wildman–Crippen LogP) is 2.70. The summed E-state index contributed by atoms with van der Waals surface area (Å²) in [6.45, 7) is 7.29. The van der Waals surface area contributed by atoms with Crippen LogP contribution in [-0.4, -0.2) is 12.6 Å². The molecule has 4 nitrogen and oxygen atoms in total. The second kappa shape index (κ2) is 5.94. The summed E-state index contributed by atoms with van der Waals surface area (Å²) in [6.07, 6.45) is 0.561. The lowest BCUT2D eigenvalue weighted by Gasteiger charge is -2.26. The van der Waals surface area contributed by atoms with Crippen LogP contribution in [0.2, 0.25) is 0 Å². The van der Waals surface area contributed by atoms with E-state index in [-0.39, 0.29) is 12.0 Å². The Labute approximate surface area is 120 Å². The van der Waals surface area contributed by atoms with Crippen LogP contribution in [0.25, 0.3) is 0 Å². The third-order valence-corrected chi connectivity index (χ3v) is 3.73. The maximum Gasteiger partial charge on any atom is 0.311 e. The van der Waals surface area contributed by atoms with E-state index in [9.17, 15) is 4.79 Å². The minimum absolute atomic E-state index is 0.180. The Balaban J connectivity index is 2.08. The zero-order valence-electron chi connectivity index (χ0n) is 12.4. The summed E-state index contributed by atoms with van der Waals surface area (Å²) in [7, 11) is 0. The number of hydrogen-bond acceptors (Lipinski definition) is 4. The van der Waals surface area contributed by atoms with Crippen LogP contribution in [0.15, 0.2) is 18.2 Å². The van der Waals surface area contributed by atoms with Gasteiger partial charge in [0, 0.05) is 6.04 Å². The fourth-order valence-corrected chi connectivity index (χ4v) is 2.50. The number of nitrogens with two attached hydrogens (primary N) is 1. The van der Waals surface area contributed by atoms with E-state index in [2.05, 4.69) is 12.1 Å². The maximum atomic E-state index is 11.9. The van der Waals surface area contributed by atoms with Crippen molar-refractivity contribution in [3.63, 3.8) is 0 Å².